The first kappa shape index (κ1) is 95.7. The van der Waals surface area contributed by atoms with Gasteiger partial charge in [-0.15, -0.1) is 0 Å². The third-order valence-corrected chi connectivity index (χ3v) is 18.1. The molecule has 0 aliphatic rings. The summed E-state index contributed by atoms with van der Waals surface area (Å²) in [5.74, 6) is -2.22. The summed E-state index contributed by atoms with van der Waals surface area (Å²) < 4.78 is 68.5. The van der Waals surface area contributed by atoms with E-state index in [9.17, 15) is 43.2 Å². The maximum Gasteiger partial charge on any atom is 0.472 e. The van der Waals surface area contributed by atoms with Crippen LogP contribution in [0.2, 0.25) is 0 Å². The predicted octanol–water partition coefficient (Wildman–Crippen LogP) is 22.6. The highest BCUT2D eigenvalue weighted by Crippen LogP contribution is 2.45. The smallest absolute Gasteiger partial charge is 0.462 e. The molecular formula is C81H140O17P2. The Morgan fingerprint density at radius 1 is 0.290 bits per heavy atom. The Balaban J connectivity index is 5.33. The van der Waals surface area contributed by atoms with E-state index in [2.05, 4.69) is 137 Å². The van der Waals surface area contributed by atoms with Gasteiger partial charge in [0.25, 0.3) is 0 Å². The highest BCUT2D eigenvalue weighted by atomic mass is 31.2. The quantitative estimate of drug-likeness (QED) is 0.0169. The van der Waals surface area contributed by atoms with Crippen LogP contribution in [0.15, 0.2) is 109 Å². The zero-order valence-corrected chi connectivity index (χ0v) is 64.6. The Morgan fingerprint density at radius 2 is 0.520 bits per heavy atom. The lowest BCUT2D eigenvalue weighted by Gasteiger charge is -2.21. The number of carbonyl (C=O) groups excluding carboxylic acids is 4. The van der Waals surface area contributed by atoms with Crippen LogP contribution in [0.1, 0.15) is 323 Å². The predicted molar refractivity (Wildman–Crippen MR) is 408 cm³/mol. The van der Waals surface area contributed by atoms with Crippen LogP contribution in [0.25, 0.3) is 0 Å². The van der Waals surface area contributed by atoms with Gasteiger partial charge in [-0.05, 0) is 128 Å². The molecule has 17 nitrogen and oxygen atoms in total. The van der Waals surface area contributed by atoms with Crippen molar-refractivity contribution in [3.63, 3.8) is 0 Å². The SMILES string of the molecule is CC/C=C\C/C=C\C/C=C\C/C=C\C/C=C\CCCCCC(=O)OCC(COP(=O)(O)OCC(O)COP(=O)(O)OCC(COC(=O)CCCCCCCCC/C=C\C/C=C\C/C=C\CC)OC(=O)CCCCCCCCCCCCC)OC(=O)CCCCCCC/C=C\CCCCCC. The lowest BCUT2D eigenvalue weighted by atomic mass is 10.1. The molecule has 3 N–H and O–H groups in total. The molecular weight excluding hydrogens is 1310 g/mol. The zero-order valence-electron chi connectivity index (χ0n) is 62.8. The van der Waals surface area contributed by atoms with Crippen LogP contribution in [0.5, 0.6) is 0 Å². The first-order valence-corrected chi connectivity index (χ1v) is 42.1. The van der Waals surface area contributed by atoms with Gasteiger partial charge < -0.3 is 33.8 Å². The van der Waals surface area contributed by atoms with Gasteiger partial charge in [-0.3, -0.25) is 37.3 Å². The molecule has 0 bridgehead atoms. The fraction of sp³-hybridized carbons (Fsp3) is 0.728. The number of carbonyl (C=O) groups is 4. The fourth-order valence-electron chi connectivity index (χ4n) is 10.3. The number of rotatable bonds is 73. The van der Waals surface area contributed by atoms with Crippen molar-refractivity contribution in [3.05, 3.63) is 109 Å². The Labute approximate surface area is 607 Å². The van der Waals surface area contributed by atoms with Crippen molar-refractivity contribution in [2.45, 2.75) is 341 Å². The van der Waals surface area contributed by atoms with Gasteiger partial charge in [-0.1, -0.05) is 278 Å². The Morgan fingerprint density at radius 3 is 0.830 bits per heavy atom. The number of aliphatic hydroxyl groups is 1. The van der Waals surface area contributed by atoms with Crippen LogP contribution in [0.4, 0.5) is 0 Å². The van der Waals surface area contributed by atoms with Gasteiger partial charge in [0.1, 0.15) is 19.3 Å². The first-order chi connectivity index (χ1) is 48.7. The second kappa shape index (κ2) is 73.0. The standard InChI is InChI=1S/C81H140O17P2/c1-5-9-13-17-21-25-29-32-34-36-37-39-41-44-47-50-54-58-62-66-79(84)92-72-77(98-81(86)68-64-60-56-52-48-42-31-27-23-19-15-11-7-3)74-96-100(89,90)94-70-75(82)69-93-99(87,88)95-73-76(97-80(85)67-63-59-55-51-45-28-24-20-16-12-8-4)71-91-78(83)65-61-57-53-49-46-43-40-38-35-33-30-26-22-18-14-10-6-2/h9-10,13-14,21-22,25-27,31-35,37,39,44,47,75-77,82H,5-8,11-12,15-20,23-24,28-30,36,38,40-43,45-46,48-74H2,1-4H3,(H,87,88)(H,89,90)/b13-9-,14-10-,25-21-,26-22-,31-27-,34-32-,35-33-,39-37-,47-44-. The molecule has 0 aliphatic carbocycles. The van der Waals surface area contributed by atoms with Gasteiger partial charge in [0.05, 0.1) is 26.4 Å². The Kier molecular flexibility index (Phi) is 69.9. The van der Waals surface area contributed by atoms with Gasteiger partial charge in [0.2, 0.25) is 0 Å². The van der Waals surface area contributed by atoms with Crippen LogP contribution in [0, 0.1) is 0 Å². The molecule has 0 rings (SSSR count). The number of hydrogen-bond acceptors (Lipinski definition) is 15. The topological polar surface area (TPSA) is 237 Å². The summed E-state index contributed by atoms with van der Waals surface area (Å²) in [6, 6.07) is 0. The number of allylic oxidation sites excluding steroid dienone is 18. The maximum atomic E-state index is 13.1. The van der Waals surface area contributed by atoms with E-state index in [4.69, 9.17) is 37.0 Å². The number of ether oxygens (including phenoxy) is 4. The molecule has 19 heteroatoms. The first-order valence-electron chi connectivity index (χ1n) is 39.1. The number of phosphoric ester groups is 2. The summed E-state index contributed by atoms with van der Waals surface area (Å²) in [7, 11) is -9.96. The van der Waals surface area contributed by atoms with E-state index in [0.29, 0.717) is 25.7 Å². The summed E-state index contributed by atoms with van der Waals surface area (Å²) in [4.78, 5) is 72.9. The van der Waals surface area contributed by atoms with Crippen LogP contribution >= 0.6 is 15.6 Å². The Hall–Kier alpha value is -4.28. The monoisotopic (exact) mass is 1450 g/mol. The van der Waals surface area contributed by atoms with Crippen molar-refractivity contribution in [2.75, 3.05) is 39.6 Å². The van der Waals surface area contributed by atoms with E-state index in [-0.39, 0.29) is 25.7 Å². The minimum Gasteiger partial charge on any atom is -0.462 e. The molecule has 5 unspecified atom stereocenters. The summed E-state index contributed by atoms with van der Waals surface area (Å²) in [5, 5.41) is 10.6. The van der Waals surface area contributed by atoms with Crippen LogP contribution < -0.4 is 0 Å². The van der Waals surface area contributed by atoms with Crippen molar-refractivity contribution in [1.29, 1.82) is 0 Å². The zero-order chi connectivity index (χ0) is 73.2. The van der Waals surface area contributed by atoms with Crippen molar-refractivity contribution in [2.24, 2.45) is 0 Å². The van der Waals surface area contributed by atoms with E-state index in [0.717, 1.165) is 180 Å². The van der Waals surface area contributed by atoms with E-state index in [1.54, 1.807) is 0 Å². The van der Waals surface area contributed by atoms with E-state index in [1.165, 1.54) is 64.2 Å². The molecule has 0 aromatic heterocycles. The molecule has 576 valence electrons. The van der Waals surface area contributed by atoms with Crippen LogP contribution in [0.3, 0.4) is 0 Å². The summed E-state index contributed by atoms with van der Waals surface area (Å²) >= 11 is 0. The molecule has 0 saturated carbocycles. The number of phosphoric acid groups is 2. The minimum atomic E-state index is -4.98. The highest BCUT2D eigenvalue weighted by molar-refractivity contribution is 7.47. The maximum absolute atomic E-state index is 13.1. The fourth-order valence-corrected chi connectivity index (χ4v) is 11.9. The average Bonchev–Trinajstić information content (AvgIpc) is 0.940. The van der Waals surface area contributed by atoms with Crippen molar-refractivity contribution in [3.8, 4) is 0 Å². The molecule has 0 heterocycles. The molecule has 0 saturated heterocycles. The molecule has 100 heavy (non-hydrogen) atoms. The molecule has 0 spiro atoms. The largest absolute Gasteiger partial charge is 0.472 e. The number of hydrogen-bond donors (Lipinski definition) is 3. The molecule has 0 fully saturated rings. The lowest BCUT2D eigenvalue weighted by Crippen LogP contribution is -2.30. The Bertz CT molecular complexity index is 2320. The number of esters is 4. The molecule has 0 aromatic rings. The van der Waals surface area contributed by atoms with Gasteiger partial charge in [-0.2, -0.15) is 0 Å². The summed E-state index contributed by atoms with van der Waals surface area (Å²) in [5.41, 5.74) is 0. The summed E-state index contributed by atoms with van der Waals surface area (Å²) in [6.07, 6.45) is 77.9. The van der Waals surface area contributed by atoms with Crippen LogP contribution in [-0.2, 0) is 65.4 Å². The summed E-state index contributed by atoms with van der Waals surface area (Å²) in [6.45, 7) is 4.59. The molecule has 5 atom stereocenters. The molecule has 0 radical (unpaired) electrons. The van der Waals surface area contributed by atoms with E-state index in [1.807, 2.05) is 0 Å². The average molecular weight is 1450 g/mol. The van der Waals surface area contributed by atoms with Crippen molar-refractivity contribution in [1.82, 2.24) is 0 Å². The molecule has 0 amide bonds. The normalized spacial score (nSPS) is 14.5. The number of aliphatic hydroxyl groups excluding tert-OH is 1. The second-order valence-corrected chi connectivity index (χ2v) is 28.8. The minimum absolute atomic E-state index is 0.0768. The second-order valence-electron chi connectivity index (χ2n) is 25.9. The third-order valence-electron chi connectivity index (χ3n) is 16.2. The molecule has 0 aliphatic heterocycles. The lowest BCUT2D eigenvalue weighted by molar-refractivity contribution is -0.161. The van der Waals surface area contributed by atoms with E-state index >= 15 is 0 Å². The van der Waals surface area contributed by atoms with Crippen LogP contribution in [-0.4, -0.2) is 96.7 Å². The van der Waals surface area contributed by atoms with Gasteiger partial charge >= 0.3 is 39.5 Å². The number of unbranched alkanes of at least 4 members (excludes halogenated alkanes) is 29. The third kappa shape index (κ3) is 72.1. The van der Waals surface area contributed by atoms with Gasteiger partial charge in [0, 0.05) is 25.7 Å². The molecule has 0 aromatic carbocycles. The van der Waals surface area contributed by atoms with Crippen molar-refractivity contribution < 1.29 is 80.2 Å². The highest BCUT2D eigenvalue weighted by Gasteiger charge is 2.30. The van der Waals surface area contributed by atoms with Gasteiger partial charge in [-0.25, -0.2) is 9.13 Å². The van der Waals surface area contributed by atoms with Gasteiger partial charge in [0.15, 0.2) is 12.2 Å². The van der Waals surface area contributed by atoms with E-state index < -0.39 is 97.5 Å². The van der Waals surface area contributed by atoms with Crippen molar-refractivity contribution >= 4 is 39.5 Å².